The quantitative estimate of drug-likeness (QED) is 0.156. The molecule has 2 aliphatic heterocycles. The second-order valence-electron chi connectivity index (χ2n) is 13.4. The van der Waals surface area contributed by atoms with E-state index in [0.717, 1.165) is 29.5 Å². The van der Waals surface area contributed by atoms with E-state index < -0.39 is 69.0 Å². The third-order valence-corrected chi connectivity index (χ3v) is 10.1. The molecular weight excluding hydrogens is 689 g/mol. The predicted molar refractivity (Wildman–Crippen MR) is 178 cm³/mol. The highest BCUT2D eigenvalue weighted by Crippen LogP contribution is 2.50. The van der Waals surface area contributed by atoms with Gasteiger partial charge in [0.25, 0.3) is 0 Å². The molecule has 0 N–H and O–H groups in total. The van der Waals surface area contributed by atoms with Crippen molar-refractivity contribution < 1.29 is 31.5 Å². The summed E-state index contributed by atoms with van der Waals surface area (Å²) in [5.74, 6) is -2.51. The molecule has 0 spiro atoms. The van der Waals surface area contributed by atoms with E-state index >= 15 is 17.6 Å². The average molecular weight is 722 g/mol. The maximum absolute atomic E-state index is 15.5. The number of rotatable bonds is 3. The van der Waals surface area contributed by atoms with E-state index in [1.807, 2.05) is 6.07 Å². The molecule has 0 unspecified atom stereocenters. The normalized spacial score (nSPS) is 20.0. The van der Waals surface area contributed by atoms with Crippen LogP contribution < -0.4 is 10.6 Å². The Labute approximate surface area is 288 Å². The molecule has 2 aliphatic rings. The lowest BCUT2D eigenvalue weighted by Crippen LogP contribution is -2.59. The zero-order valence-corrected chi connectivity index (χ0v) is 28.8. The maximum Gasteiger partial charge on any atom is 0.417 e. The number of carbonyl (C=O) groups is 1. The number of ether oxygens (including phenoxy) is 1. The molecule has 1 amide bonds. The molecule has 1 fully saturated rings. The Morgan fingerprint density at radius 3 is 2.35 bits per heavy atom. The summed E-state index contributed by atoms with van der Waals surface area (Å²) in [6.07, 6.45) is -2.32. The molecule has 2 aromatic heterocycles. The molecule has 1 saturated heterocycles. The summed E-state index contributed by atoms with van der Waals surface area (Å²) < 4.78 is 82.0. The second kappa shape index (κ2) is 12.8. The van der Waals surface area contributed by atoms with Gasteiger partial charge in [-0.15, -0.1) is 11.8 Å². The number of hydrogen-bond donors (Lipinski definition) is 0. The Morgan fingerprint density at radius 2 is 1.73 bits per heavy atom. The molecule has 3 atom stereocenters. The van der Waals surface area contributed by atoms with Crippen LogP contribution in [0.1, 0.15) is 51.7 Å². The highest BCUT2D eigenvalue weighted by Gasteiger charge is 2.41. The van der Waals surface area contributed by atoms with Crippen LogP contribution in [-0.4, -0.2) is 62.1 Å². The number of alkyl halides is 3. The standard InChI is InChI=1S/C34H33ClF5N5O3S/c1-17-13-43(14-18(2)45(17)32(47)48-33(3,4)5)30-22-9-23(34(38,39)40)27(21-10-24(35)26(37)11-25(21)36)29-28(22)44(31(46)42-30)15-20(16-49-29)19-7-6-8-41-12-19/h6-12,17-18,20H,13-16H2,1-5H3/t17-,18+,20-/m0/s1. The lowest BCUT2D eigenvalue weighted by molar-refractivity contribution is -0.137. The number of carbonyl (C=O) groups excluding carboxylic acids is 1. The Hall–Kier alpha value is -3.91. The van der Waals surface area contributed by atoms with Crippen LogP contribution in [0.4, 0.5) is 32.6 Å². The van der Waals surface area contributed by atoms with Crippen LogP contribution in [0.5, 0.6) is 0 Å². The van der Waals surface area contributed by atoms with Crippen molar-refractivity contribution >= 4 is 46.2 Å². The number of piperazine rings is 1. The van der Waals surface area contributed by atoms with Crippen molar-refractivity contribution in [2.45, 2.75) is 75.8 Å². The molecule has 4 aromatic rings. The summed E-state index contributed by atoms with van der Waals surface area (Å²) in [6.45, 7) is 9.16. The van der Waals surface area contributed by atoms with E-state index in [9.17, 15) is 14.0 Å². The molecule has 260 valence electrons. The first-order valence-electron chi connectivity index (χ1n) is 15.6. The van der Waals surface area contributed by atoms with Crippen molar-refractivity contribution in [2.75, 3.05) is 23.7 Å². The molecule has 2 aromatic carbocycles. The largest absolute Gasteiger partial charge is 0.444 e. The van der Waals surface area contributed by atoms with Crippen molar-refractivity contribution in [3.8, 4) is 11.1 Å². The summed E-state index contributed by atoms with van der Waals surface area (Å²) in [6, 6.07) is 4.78. The fourth-order valence-corrected chi connectivity index (χ4v) is 8.15. The smallest absolute Gasteiger partial charge is 0.417 e. The van der Waals surface area contributed by atoms with Crippen LogP contribution in [0.25, 0.3) is 22.0 Å². The first kappa shape index (κ1) is 34.9. The maximum atomic E-state index is 15.5. The van der Waals surface area contributed by atoms with Gasteiger partial charge >= 0.3 is 18.0 Å². The Morgan fingerprint density at radius 1 is 1.04 bits per heavy atom. The van der Waals surface area contributed by atoms with E-state index in [1.165, 1.54) is 4.57 Å². The summed E-state index contributed by atoms with van der Waals surface area (Å²) in [5, 5.41) is -0.522. The summed E-state index contributed by atoms with van der Waals surface area (Å²) in [7, 11) is 0. The van der Waals surface area contributed by atoms with E-state index in [2.05, 4.69) is 9.97 Å². The SMILES string of the molecule is C[C@@H]1CN(c2nc(=O)n3c4c(c(-c5cc(Cl)c(F)cc5F)c(C(F)(F)F)cc24)SC[C@@H](c2cccnc2)C3)C[C@H](C)N1C(=O)OC(C)(C)C. The molecule has 49 heavy (non-hydrogen) atoms. The van der Waals surface area contributed by atoms with Crippen molar-refractivity contribution in [2.24, 2.45) is 0 Å². The van der Waals surface area contributed by atoms with E-state index in [1.54, 1.807) is 62.9 Å². The molecule has 6 rings (SSSR count). The van der Waals surface area contributed by atoms with Gasteiger partial charge in [-0.1, -0.05) is 17.7 Å². The van der Waals surface area contributed by atoms with Gasteiger partial charge in [-0.3, -0.25) is 14.5 Å². The summed E-state index contributed by atoms with van der Waals surface area (Å²) in [5.41, 5.74) is -2.84. The van der Waals surface area contributed by atoms with Gasteiger partial charge in [0.15, 0.2) is 0 Å². The molecule has 0 aliphatic carbocycles. The minimum absolute atomic E-state index is 0.00738. The van der Waals surface area contributed by atoms with Crippen LogP contribution in [0.3, 0.4) is 0 Å². The minimum atomic E-state index is -5.00. The Bertz CT molecular complexity index is 1990. The van der Waals surface area contributed by atoms with E-state index in [0.29, 0.717) is 6.07 Å². The van der Waals surface area contributed by atoms with Gasteiger partial charge in [0.2, 0.25) is 0 Å². The number of hydrogen-bond acceptors (Lipinski definition) is 7. The van der Waals surface area contributed by atoms with Crippen molar-refractivity contribution in [1.29, 1.82) is 0 Å². The zero-order chi connectivity index (χ0) is 35.6. The molecule has 0 bridgehead atoms. The number of benzene rings is 2. The van der Waals surface area contributed by atoms with Gasteiger partial charge in [-0.25, -0.2) is 18.4 Å². The average Bonchev–Trinajstić information content (AvgIpc) is 3.21. The summed E-state index contributed by atoms with van der Waals surface area (Å²) >= 11 is 7.04. The number of halogens is 6. The number of amides is 1. The number of nitrogens with zero attached hydrogens (tertiary/aromatic N) is 5. The Balaban J connectivity index is 1.60. The summed E-state index contributed by atoms with van der Waals surface area (Å²) in [4.78, 5) is 38.9. The van der Waals surface area contributed by atoms with Crippen molar-refractivity contribution in [3.63, 3.8) is 0 Å². The van der Waals surface area contributed by atoms with Gasteiger partial charge < -0.3 is 9.64 Å². The topological polar surface area (TPSA) is 80.6 Å². The molecular formula is C34H33ClF5N5O3S. The molecule has 0 saturated carbocycles. The van der Waals surface area contributed by atoms with Gasteiger partial charge in [0.1, 0.15) is 23.1 Å². The zero-order valence-electron chi connectivity index (χ0n) is 27.2. The van der Waals surface area contributed by atoms with Gasteiger partial charge in [0.05, 0.1) is 28.2 Å². The minimum Gasteiger partial charge on any atom is -0.444 e. The van der Waals surface area contributed by atoms with Gasteiger partial charge in [0, 0.05) is 71.2 Å². The molecule has 15 heteroatoms. The van der Waals surface area contributed by atoms with Crippen LogP contribution in [-0.2, 0) is 17.5 Å². The third-order valence-electron chi connectivity index (χ3n) is 8.59. The van der Waals surface area contributed by atoms with Crippen molar-refractivity contribution in [1.82, 2.24) is 19.4 Å². The fourth-order valence-electron chi connectivity index (χ4n) is 6.60. The van der Waals surface area contributed by atoms with E-state index in [-0.39, 0.29) is 52.9 Å². The first-order valence-corrected chi connectivity index (χ1v) is 16.9. The molecule has 0 radical (unpaired) electrons. The van der Waals surface area contributed by atoms with E-state index in [4.69, 9.17) is 16.3 Å². The second-order valence-corrected chi connectivity index (χ2v) is 14.8. The van der Waals surface area contributed by atoms with Gasteiger partial charge in [-0.05, 0) is 58.4 Å². The van der Waals surface area contributed by atoms with Crippen LogP contribution in [0.15, 0.2) is 52.4 Å². The van der Waals surface area contributed by atoms with Crippen LogP contribution >= 0.6 is 23.4 Å². The highest BCUT2D eigenvalue weighted by molar-refractivity contribution is 7.99. The number of anilines is 1. The lowest BCUT2D eigenvalue weighted by atomic mass is 9.95. The van der Waals surface area contributed by atoms with Crippen LogP contribution in [0.2, 0.25) is 5.02 Å². The van der Waals surface area contributed by atoms with Gasteiger partial charge in [-0.2, -0.15) is 18.2 Å². The Kier molecular flexibility index (Phi) is 9.10. The predicted octanol–water partition coefficient (Wildman–Crippen LogP) is 8.13. The fraction of sp³-hybridized carbons (Fsp3) is 0.412. The number of pyridine rings is 1. The first-order chi connectivity index (χ1) is 22.9. The molecule has 4 heterocycles. The monoisotopic (exact) mass is 721 g/mol. The van der Waals surface area contributed by atoms with Crippen molar-refractivity contribution in [3.05, 3.63) is 81.0 Å². The lowest BCUT2D eigenvalue weighted by Gasteiger charge is -2.45. The molecule has 8 nitrogen and oxygen atoms in total. The van der Waals surface area contributed by atoms with Crippen LogP contribution in [0, 0.1) is 11.6 Å². The third kappa shape index (κ3) is 6.69. The number of aromatic nitrogens is 3. The number of thioether (sulfide) groups is 1. The highest BCUT2D eigenvalue weighted by atomic mass is 35.5.